The lowest BCUT2D eigenvalue weighted by molar-refractivity contribution is 0.139. The van der Waals surface area contributed by atoms with Crippen LogP contribution < -0.4 is 16.6 Å². The van der Waals surface area contributed by atoms with Gasteiger partial charge >= 0.3 is 0 Å². The Kier molecular flexibility index (Phi) is 6.29. The fourth-order valence-corrected chi connectivity index (χ4v) is 2.12. The van der Waals surface area contributed by atoms with Crippen molar-refractivity contribution in [3.63, 3.8) is 0 Å². The molecule has 1 aliphatic carbocycles. The highest BCUT2D eigenvalue weighted by atomic mass is 16.5. The Morgan fingerprint density at radius 3 is 2.71 bits per heavy atom. The van der Waals surface area contributed by atoms with E-state index in [2.05, 4.69) is 22.7 Å². The fourth-order valence-electron chi connectivity index (χ4n) is 2.12. The van der Waals surface area contributed by atoms with Crippen LogP contribution in [-0.2, 0) is 4.74 Å². The van der Waals surface area contributed by atoms with Crippen LogP contribution in [0.2, 0.25) is 0 Å². The third-order valence-electron chi connectivity index (χ3n) is 3.69. The molecule has 17 heavy (non-hydrogen) atoms. The number of methoxy groups -OCH3 is 1. The number of hydrogen-bond acceptors (Lipinski definition) is 3. The van der Waals surface area contributed by atoms with E-state index in [1.165, 1.54) is 25.7 Å². The molecule has 0 atom stereocenters. The zero-order valence-electron chi connectivity index (χ0n) is 11.1. The maximum Gasteiger partial charge on any atom is 0.205 e. The Morgan fingerprint density at radius 1 is 1.47 bits per heavy atom. The van der Waals surface area contributed by atoms with Gasteiger partial charge in [-0.3, -0.25) is 10.4 Å². The van der Waals surface area contributed by atoms with Crippen molar-refractivity contribution in [1.82, 2.24) is 10.7 Å². The Labute approximate surface area is 104 Å². The lowest BCUT2D eigenvalue weighted by Gasteiger charge is -2.40. The van der Waals surface area contributed by atoms with Gasteiger partial charge < -0.3 is 10.1 Å². The Hall–Kier alpha value is -0.810. The second kappa shape index (κ2) is 7.50. The molecular weight excluding hydrogens is 216 g/mol. The van der Waals surface area contributed by atoms with Gasteiger partial charge in [0.1, 0.15) is 0 Å². The summed E-state index contributed by atoms with van der Waals surface area (Å²) in [5.74, 6) is 6.14. The fraction of sp³-hybridized carbons (Fsp3) is 0.917. The molecular formula is C12H26N4O. The molecule has 5 heteroatoms. The minimum absolute atomic E-state index is 0.441. The first kappa shape index (κ1) is 14.3. The highest BCUT2D eigenvalue weighted by Gasteiger charge is 2.34. The van der Waals surface area contributed by atoms with E-state index in [9.17, 15) is 0 Å². The molecule has 0 spiro atoms. The van der Waals surface area contributed by atoms with E-state index in [0.29, 0.717) is 11.4 Å². The normalized spacial score (nSPS) is 18.6. The van der Waals surface area contributed by atoms with Gasteiger partial charge in [-0.25, -0.2) is 5.84 Å². The maximum atomic E-state index is 5.44. The monoisotopic (exact) mass is 242 g/mol. The highest BCUT2D eigenvalue weighted by molar-refractivity contribution is 5.79. The van der Waals surface area contributed by atoms with Crippen LogP contribution in [0.15, 0.2) is 4.99 Å². The average molecular weight is 242 g/mol. The van der Waals surface area contributed by atoms with Crippen molar-refractivity contribution in [2.75, 3.05) is 26.8 Å². The molecule has 0 amide bonds. The number of nitrogens with zero attached hydrogens (tertiary/aromatic N) is 1. The molecule has 0 saturated heterocycles. The Morgan fingerprint density at radius 2 is 2.24 bits per heavy atom. The molecule has 0 aromatic rings. The summed E-state index contributed by atoms with van der Waals surface area (Å²) in [6.45, 7) is 4.70. The van der Waals surface area contributed by atoms with E-state index >= 15 is 0 Å². The molecule has 1 fully saturated rings. The zero-order chi connectivity index (χ0) is 12.6. The van der Waals surface area contributed by atoms with E-state index in [-0.39, 0.29) is 0 Å². The first-order valence-corrected chi connectivity index (χ1v) is 6.50. The Bertz CT molecular complexity index is 233. The molecule has 100 valence electrons. The van der Waals surface area contributed by atoms with Gasteiger partial charge in [0.2, 0.25) is 5.96 Å². The van der Waals surface area contributed by atoms with E-state index in [4.69, 9.17) is 10.6 Å². The number of hydrogen-bond donors (Lipinski definition) is 3. The van der Waals surface area contributed by atoms with Crippen LogP contribution in [0.5, 0.6) is 0 Å². The first-order valence-electron chi connectivity index (χ1n) is 6.50. The molecule has 4 N–H and O–H groups in total. The van der Waals surface area contributed by atoms with Crippen LogP contribution in [0.25, 0.3) is 0 Å². The van der Waals surface area contributed by atoms with E-state index in [1.807, 2.05) is 0 Å². The lowest BCUT2D eigenvalue weighted by Crippen LogP contribution is -2.43. The molecule has 5 nitrogen and oxygen atoms in total. The van der Waals surface area contributed by atoms with Gasteiger partial charge in [-0.05, 0) is 31.1 Å². The number of aliphatic imine (C=N–C) groups is 1. The van der Waals surface area contributed by atoms with Crippen LogP contribution >= 0.6 is 0 Å². The van der Waals surface area contributed by atoms with E-state index in [1.54, 1.807) is 7.11 Å². The van der Waals surface area contributed by atoms with Crippen LogP contribution in [-0.4, -0.2) is 32.8 Å². The third-order valence-corrected chi connectivity index (χ3v) is 3.69. The molecule has 1 saturated carbocycles. The van der Waals surface area contributed by atoms with Gasteiger partial charge in [0.25, 0.3) is 0 Å². The largest absolute Gasteiger partial charge is 0.385 e. The summed E-state index contributed by atoms with van der Waals surface area (Å²) < 4.78 is 4.98. The number of nitrogens with one attached hydrogen (secondary N) is 2. The van der Waals surface area contributed by atoms with Crippen LogP contribution in [0.3, 0.4) is 0 Å². The van der Waals surface area contributed by atoms with Crippen molar-refractivity contribution in [2.24, 2.45) is 16.3 Å². The maximum absolute atomic E-state index is 5.44. The van der Waals surface area contributed by atoms with Gasteiger partial charge in [0.05, 0.1) is 0 Å². The van der Waals surface area contributed by atoms with Crippen molar-refractivity contribution in [1.29, 1.82) is 0 Å². The molecule has 0 bridgehead atoms. The van der Waals surface area contributed by atoms with Gasteiger partial charge in [-0.15, -0.1) is 0 Å². The number of guanidine groups is 1. The quantitative estimate of drug-likeness (QED) is 0.205. The smallest absolute Gasteiger partial charge is 0.205 e. The molecule has 0 aliphatic heterocycles. The van der Waals surface area contributed by atoms with Crippen LogP contribution in [0.4, 0.5) is 0 Å². The van der Waals surface area contributed by atoms with E-state index in [0.717, 1.165) is 26.1 Å². The molecule has 0 unspecified atom stereocenters. The Balaban J connectivity index is 2.28. The topological polar surface area (TPSA) is 71.7 Å². The van der Waals surface area contributed by atoms with E-state index < -0.39 is 0 Å². The third kappa shape index (κ3) is 4.52. The molecule has 0 radical (unpaired) electrons. The predicted octanol–water partition coefficient (Wildman–Crippen LogP) is 1.01. The number of hydrazine groups is 1. The SMILES string of the molecule is CCC1(CN=C(NN)NCCCOC)CCC1. The summed E-state index contributed by atoms with van der Waals surface area (Å²) in [5.41, 5.74) is 3.06. The van der Waals surface area contributed by atoms with Crippen molar-refractivity contribution >= 4 is 5.96 Å². The van der Waals surface area contributed by atoms with Crippen molar-refractivity contribution < 1.29 is 4.74 Å². The zero-order valence-corrected chi connectivity index (χ0v) is 11.1. The lowest BCUT2D eigenvalue weighted by atomic mass is 9.67. The molecule has 0 heterocycles. The summed E-state index contributed by atoms with van der Waals surface area (Å²) >= 11 is 0. The van der Waals surface area contributed by atoms with Crippen LogP contribution in [0, 0.1) is 5.41 Å². The summed E-state index contributed by atoms with van der Waals surface area (Å²) in [4.78, 5) is 4.53. The average Bonchev–Trinajstić information content (AvgIpc) is 2.31. The second-order valence-electron chi connectivity index (χ2n) is 4.79. The minimum atomic E-state index is 0.441. The molecule has 1 rings (SSSR count). The summed E-state index contributed by atoms with van der Waals surface area (Å²) in [6, 6.07) is 0. The van der Waals surface area contributed by atoms with Crippen molar-refractivity contribution in [3.05, 3.63) is 0 Å². The second-order valence-corrected chi connectivity index (χ2v) is 4.79. The van der Waals surface area contributed by atoms with Gasteiger partial charge in [-0.1, -0.05) is 13.3 Å². The predicted molar refractivity (Wildman–Crippen MR) is 70.7 cm³/mol. The molecule has 0 aromatic heterocycles. The van der Waals surface area contributed by atoms with Gasteiger partial charge in [-0.2, -0.15) is 0 Å². The summed E-state index contributed by atoms with van der Waals surface area (Å²) in [6.07, 6.45) is 6.10. The van der Waals surface area contributed by atoms with Crippen molar-refractivity contribution in [3.8, 4) is 0 Å². The molecule has 1 aliphatic rings. The minimum Gasteiger partial charge on any atom is -0.385 e. The standard InChI is InChI=1S/C12H26N4O/c1-3-12(6-4-7-12)10-15-11(16-13)14-8-5-9-17-2/h3-10,13H2,1-2H3,(H2,14,15,16). The summed E-state index contributed by atoms with van der Waals surface area (Å²) in [5, 5.41) is 3.18. The number of nitrogens with two attached hydrogens (primary N) is 1. The van der Waals surface area contributed by atoms with Crippen LogP contribution in [0.1, 0.15) is 39.0 Å². The van der Waals surface area contributed by atoms with Crippen molar-refractivity contribution in [2.45, 2.75) is 39.0 Å². The first-order chi connectivity index (χ1) is 8.26. The molecule has 0 aromatic carbocycles. The summed E-state index contributed by atoms with van der Waals surface area (Å²) in [7, 11) is 1.71. The highest BCUT2D eigenvalue weighted by Crippen LogP contribution is 2.43. The number of ether oxygens (including phenoxy) is 1. The van der Waals surface area contributed by atoms with Gasteiger partial charge in [0, 0.05) is 26.8 Å². The number of rotatable bonds is 7. The van der Waals surface area contributed by atoms with Gasteiger partial charge in [0.15, 0.2) is 0 Å².